The first kappa shape index (κ1) is 17.8. The van der Waals surface area contributed by atoms with E-state index in [0.29, 0.717) is 31.4 Å². The molecule has 1 aliphatic rings. The molecule has 23 heavy (non-hydrogen) atoms. The third-order valence-electron chi connectivity index (χ3n) is 3.87. The smallest absolute Gasteiger partial charge is 0.305 e. The molecular weight excluding hydrogens is 314 g/mol. The molecule has 0 saturated carbocycles. The van der Waals surface area contributed by atoms with Crippen LogP contribution in [0.3, 0.4) is 0 Å². The largest absolute Gasteiger partial charge is 0.481 e. The Hall–Kier alpha value is -1.53. The summed E-state index contributed by atoms with van der Waals surface area (Å²) < 4.78 is 5.30. The number of morpholine rings is 1. The van der Waals surface area contributed by atoms with E-state index in [9.17, 15) is 9.59 Å². The van der Waals surface area contributed by atoms with Crippen LogP contribution in [0.5, 0.6) is 0 Å². The topological polar surface area (TPSA) is 66.8 Å². The van der Waals surface area contributed by atoms with E-state index in [1.54, 1.807) is 4.90 Å². The molecule has 0 radical (unpaired) electrons. The summed E-state index contributed by atoms with van der Waals surface area (Å²) in [7, 11) is 0. The number of hydrogen-bond acceptors (Lipinski definition) is 4. The van der Waals surface area contributed by atoms with Gasteiger partial charge in [0.1, 0.15) is 0 Å². The van der Waals surface area contributed by atoms with E-state index in [2.05, 4.69) is 26.0 Å². The Kier molecular flexibility index (Phi) is 6.47. The fourth-order valence-corrected chi connectivity index (χ4v) is 3.32. The van der Waals surface area contributed by atoms with Crippen LogP contribution in [0.4, 0.5) is 0 Å². The van der Waals surface area contributed by atoms with Crippen LogP contribution in [0.15, 0.2) is 29.2 Å². The van der Waals surface area contributed by atoms with Gasteiger partial charge in [-0.05, 0) is 23.6 Å². The van der Waals surface area contributed by atoms with Gasteiger partial charge in [-0.15, -0.1) is 11.8 Å². The zero-order valence-corrected chi connectivity index (χ0v) is 14.3. The zero-order chi connectivity index (χ0) is 16.8. The van der Waals surface area contributed by atoms with E-state index in [4.69, 9.17) is 9.84 Å². The van der Waals surface area contributed by atoms with Crippen LogP contribution in [0.2, 0.25) is 0 Å². The monoisotopic (exact) mass is 337 g/mol. The maximum Gasteiger partial charge on any atom is 0.305 e. The summed E-state index contributed by atoms with van der Waals surface area (Å²) in [6, 6.07) is 7.86. The minimum atomic E-state index is -0.907. The first-order chi connectivity index (χ1) is 11.0. The SMILES string of the molecule is CC(C)c1ccc(SCC(=O)N2CCOCC2CC(=O)O)cc1. The molecule has 1 amide bonds. The normalized spacial score (nSPS) is 18.2. The van der Waals surface area contributed by atoms with Crippen LogP contribution < -0.4 is 0 Å². The molecular formula is C17H23NO4S. The molecule has 0 spiro atoms. The standard InChI is InChI=1S/C17H23NO4S/c1-12(2)13-3-5-15(6-4-13)23-11-16(19)18-7-8-22-10-14(18)9-17(20)21/h3-6,12,14H,7-11H2,1-2H3,(H,20,21). The number of carbonyl (C=O) groups is 2. The van der Waals surface area contributed by atoms with Crippen molar-refractivity contribution in [3.05, 3.63) is 29.8 Å². The van der Waals surface area contributed by atoms with Crippen molar-refractivity contribution in [2.45, 2.75) is 37.1 Å². The van der Waals surface area contributed by atoms with Crippen molar-refractivity contribution in [1.29, 1.82) is 0 Å². The van der Waals surface area contributed by atoms with E-state index < -0.39 is 5.97 Å². The summed E-state index contributed by atoms with van der Waals surface area (Å²) in [5.41, 5.74) is 1.27. The molecule has 1 aliphatic heterocycles. The lowest BCUT2D eigenvalue weighted by molar-refractivity contribution is -0.144. The zero-order valence-electron chi connectivity index (χ0n) is 13.5. The minimum Gasteiger partial charge on any atom is -0.481 e. The number of carboxylic acid groups (broad SMARTS) is 1. The highest BCUT2D eigenvalue weighted by Gasteiger charge is 2.28. The van der Waals surface area contributed by atoms with Gasteiger partial charge >= 0.3 is 5.97 Å². The van der Waals surface area contributed by atoms with Crippen molar-refractivity contribution in [3.63, 3.8) is 0 Å². The minimum absolute atomic E-state index is 0.0301. The number of ether oxygens (including phenoxy) is 1. The Morgan fingerprint density at radius 1 is 1.35 bits per heavy atom. The van der Waals surface area contributed by atoms with Crippen LogP contribution >= 0.6 is 11.8 Å². The number of carboxylic acids is 1. The Balaban J connectivity index is 1.90. The van der Waals surface area contributed by atoms with Crippen LogP contribution in [0, 0.1) is 0 Å². The summed E-state index contributed by atoms with van der Waals surface area (Å²) in [5.74, 6) is -0.134. The molecule has 1 aromatic rings. The lowest BCUT2D eigenvalue weighted by Crippen LogP contribution is -2.50. The average Bonchev–Trinajstić information content (AvgIpc) is 2.53. The Labute approximate surface area is 141 Å². The summed E-state index contributed by atoms with van der Waals surface area (Å²) >= 11 is 1.48. The number of nitrogens with zero attached hydrogens (tertiary/aromatic N) is 1. The van der Waals surface area contributed by atoms with Gasteiger partial charge < -0.3 is 14.7 Å². The third-order valence-corrected chi connectivity index (χ3v) is 4.86. The summed E-state index contributed by atoms with van der Waals surface area (Å²) in [4.78, 5) is 26.0. The molecule has 5 nitrogen and oxygen atoms in total. The number of benzene rings is 1. The highest BCUT2D eigenvalue weighted by molar-refractivity contribution is 8.00. The number of hydrogen-bond donors (Lipinski definition) is 1. The average molecular weight is 337 g/mol. The van der Waals surface area contributed by atoms with Crippen molar-refractivity contribution in [2.75, 3.05) is 25.5 Å². The predicted molar refractivity (Wildman–Crippen MR) is 89.8 cm³/mol. The van der Waals surface area contributed by atoms with Gasteiger partial charge in [-0.3, -0.25) is 9.59 Å². The summed E-state index contributed by atoms with van der Waals surface area (Å²) in [6.45, 7) is 5.52. The van der Waals surface area contributed by atoms with Crippen LogP contribution in [0.1, 0.15) is 31.7 Å². The molecule has 0 aliphatic carbocycles. The van der Waals surface area contributed by atoms with E-state index in [1.807, 2.05) is 12.1 Å². The molecule has 1 aromatic carbocycles. The highest BCUT2D eigenvalue weighted by atomic mass is 32.2. The van der Waals surface area contributed by atoms with Gasteiger partial charge in [0.05, 0.1) is 31.4 Å². The van der Waals surface area contributed by atoms with E-state index in [-0.39, 0.29) is 18.4 Å². The van der Waals surface area contributed by atoms with Crippen molar-refractivity contribution in [3.8, 4) is 0 Å². The van der Waals surface area contributed by atoms with Crippen molar-refractivity contribution in [2.24, 2.45) is 0 Å². The number of carbonyl (C=O) groups excluding carboxylic acids is 1. The first-order valence-electron chi connectivity index (χ1n) is 7.79. The fraction of sp³-hybridized carbons (Fsp3) is 0.529. The molecule has 0 aromatic heterocycles. The van der Waals surface area contributed by atoms with Gasteiger partial charge in [-0.25, -0.2) is 0 Å². The van der Waals surface area contributed by atoms with Gasteiger partial charge in [-0.2, -0.15) is 0 Å². The highest BCUT2D eigenvalue weighted by Crippen LogP contribution is 2.23. The molecule has 6 heteroatoms. The Bertz CT molecular complexity index is 544. The van der Waals surface area contributed by atoms with Gasteiger partial charge in [-0.1, -0.05) is 26.0 Å². The number of amides is 1. The van der Waals surface area contributed by atoms with Crippen molar-refractivity contribution < 1.29 is 19.4 Å². The molecule has 126 valence electrons. The molecule has 1 atom stereocenters. The quantitative estimate of drug-likeness (QED) is 0.808. The third kappa shape index (κ3) is 5.25. The van der Waals surface area contributed by atoms with Crippen molar-refractivity contribution in [1.82, 2.24) is 4.90 Å². The molecule has 1 heterocycles. The van der Waals surface area contributed by atoms with Crippen LogP contribution in [-0.4, -0.2) is 53.4 Å². The van der Waals surface area contributed by atoms with Gasteiger partial charge in [0.15, 0.2) is 0 Å². The first-order valence-corrected chi connectivity index (χ1v) is 8.77. The van der Waals surface area contributed by atoms with E-state index >= 15 is 0 Å². The lowest BCUT2D eigenvalue weighted by Gasteiger charge is -2.34. The second kappa shape index (κ2) is 8.36. The van der Waals surface area contributed by atoms with E-state index in [1.165, 1.54) is 17.3 Å². The van der Waals surface area contributed by atoms with Crippen LogP contribution in [0.25, 0.3) is 0 Å². The fourth-order valence-electron chi connectivity index (χ4n) is 2.53. The molecule has 1 unspecified atom stereocenters. The predicted octanol–water partition coefficient (Wildman–Crippen LogP) is 2.60. The number of thioether (sulfide) groups is 1. The summed E-state index contributed by atoms with van der Waals surface area (Å²) in [5, 5.41) is 8.95. The van der Waals surface area contributed by atoms with Crippen molar-refractivity contribution >= 4 is 23.6 Å². The molecule has 1 fully saturated rings. The van der Waals surface area contributed by atoms with Gasteiger partial charge in [0, 0.05) is 11.4 Å². The Morgan fingerprint density at radius 3 is 2.65 bits per heavy atom. The summed E-state index contributed by atoms with van der Waals surface area (Å²) in [6.07, 6.45) is -0.0699. The second-order valence-corrected chi connectivity index (χ2v) is 6.97. The lowest BCUT2D eigenvalue weighted by atomic mass is 10.0. The van der Waals surface area contributed by atoms with E-state index in [0.717, 1.165) is 4.90 Å². The van der Waals surface area contributed by atoms with Gasteiger partial charge in [0.2, 0.25) is 5.91 Å². The molecule has 1 saturated heterocycles. The Morgan fingerprint density at radius 2 is 2.04 bits per heavy atom. The number of aliphatic carboxylic acids is 1. The number of rotatable bonds is 6. The molecule has 0 bridgehead atoms. The van der Waals surface area contributed by atoms with Gasteiger partial charge in [0.25, 0.3) is 0 Å². The molecule has 2 rings (SSSR count). The second-order valence-electron chi connectivity index (χ2n) is 5.93. The maximum atomic E-state index is 12.4. The maximum absolute atomic E-state index is 12.4. The van der Waals surface area contributed by atoms with Crippen LogP contribution in [-0.2, 0) is 14.3 Å². The molecule has 1 N–H and O–H groups in total.